The Morgan fingerprint density at radius 3 is 3.00 bits per heavy atom. The summed E-state index contributed by atoms with van der Waals surface area (Å²) in [6, 6.07) is 9.20. The van der Waals surface area contributed by atoms with Crippen LogP contribution in [0.15, 0.2) is 36.5 Å². The summed E-state index contributed by atoms with van der Waals surface area (Å²) in [6.45, 7) is 0.0778. The molecule has 7 nitrogen and oxygen atoms in total. The van der Waals surface area contributed by atoms with E-state index in [0.29, 0.717) is 18.8 Å². The van der Waals surface area contributed by atoms with Gasteiger partial charge in [-0.15, -0.1) is 0 Å². The van der Waals surface area contributed by atoms with Crippen molar-refractivity contribution in [2.24, 2.45) is 5.92 Å². The van der Waals surface area contributed by atoms with Crippen molar-refractivity contribution in [1.29, 1.82) is 0 Å². The summed E-state index contributed by atoms with van der Waals surface area (Å²) in [4.78, 5) is 22.9. The Hall–Kier alpha value is -2.83. The van der Waals surface area contributed by atoms with Crippen molar-refractivity contribution in [3.8, 4) is 5.75 Å². The Labute approximate surface area is 126 Å². The molecular weight excluding hydrogens is 286 g/mol. The molecule has 1 unspecified atom stereocenters. The van der Waals surface area contributed by atoms with E-state index in [1.807, 2.05) is 24.3 Å². The SMILES string of the molecule is O=C(O)Cn1ccc(NC(=O)C2COc3ccccc3C2)n1. The van der Waals surface area contributed by atoms with Crippen LogP contribution in [0, 0.1) is 5.92 Å². The first-order valence-electron chi connectivity index (χ1n) is 6.88. The van der Waals surface area contributed by atoms with Gasteiger partial charge in [-0.2, -0.15) is 5.10 Å². The van der Waals surface area contributed by atoms with Gasteiger partial charge in [-0.1, -0.05) is 18.2 Å². The number of carboxylic acid groups (broad SMARTS) is 1. The van der Waals surface area contributed by atoms with Gasteiger partial charge in [-0.3, -0.25) is 14.3 Å². The van der Waals surface area contributed by atoms with Crippen LogP contribution in [0.5, 0.6) is 5.75 Å². The van der Waals surface area contributed by atoms with Gasteiger partial charge in [0.1, 0.15) is 18.9 Å². The molecule has 2 heterocycles. The van der Waals surface area contributed by atoms with E-state index in [2.05, 4.69) is 10.4 Å². The van der Waals surface area contributed by atoms with Gasteiger partial charge in [0, 0.05) is 12.3 Å². The summed E-state index contributed by atoms with van der Waals surface area (Å²) in [5.41, 5.74) is 1.00. The third-order valence-electron chi connectivity index (χ3n) is 3.44. The maximum Gasteiger partial charge on any atom is 0.325 e. The molecule has 2 N–H and O–H groups in total. The molecule has 1 atom stereocenters. The molecule has 0 saturated heterocycles. The molecule has 114 valence electrons. The van der Waals surface area contributed by atoms with Crippen LogP contribution >= 0.6 is 0 Å². The maximum absolute atomic E-state index is 12.3. The Kier molecular flexibility index (Phi) is 3.78. The van der Waals surface area contributed by atoms with Crippen LogP contribution in [0.4, 0.5) is 5.82 Å². The van der Waals surface area contributed by atoms with Crippen molar-refractivity contribution in [2.75, 3.05) is 11.9 Å². The number of ether oxygens (including phenoxy) is 1. The average Bonchev–Trinajstić information content (AvgIpc) is 2.93. The Balaban J connectivity index is 1.63. The number of rotatable bonds is 4. The number of anilines is 1. The molecular formula is C15H15N3O4. The van der Waals surface area contributed by atoms with Crippen LogP contribution in [-0.2, 0) is 22.6 Å². The first-order valence-corrected chi connectivity index (χ1v) is 6.88. The van der Waals surface area contributed by atoms with Crippen molar-refractivity contribution < 1.29 is 19.4 Å². The van der Waals surface area contributed by atoms with Gasteiger partial charge in [0.2, 0.25) is 5.91 Å². The largest absolute Gasteiger partial charge is 0.492 e. The van der Waals surface area contributed by atoms with Crippen LogP contribution in [0.25, 0.3) is 0 Å². The molecule has 1 amide bonds. The molecule has 0 aliphatic carbocycles. The summed E-state index contributed by atoms with van der Waals surface area (Å²) in [5.74, 6) is -0.310. The minimum absolute atomic E-state index is 0.185. The number of amides is 1. The lowest BCUT2D eigenvalue weighted by Gasteiger charge is -2.24. The van der Waals surface area contributed by atoms with Gasteiger partial charge in [0.05, 0.1) is 5.92 Å². The highest BCUT2D eigenvalue weighted by Gasteiger charge is 2.26. The summed E-state index contributed by atoms with van der Waals surface area (Å²) in [5, 5.41) is 15.4. The van der Waals surface area contributed by atoms with E-state index in [0.717, 1.165) is 11.3 Å². The monoisotopic (exact) mass is 301 g/mol. The number of aromatic nitrogens is 2. The zero-order valence-electron chi connectivity index (χ0n) is 11.7. The van der Waals surface area contributed by atoms with Gasteiger partial charge < -0.3 is 15.2 Å². The van der Waals surface area contributed by atoms with Gasteiger partial charge in [0.25, 0.3) is 0 Å². The fraction of sp³-hybridized carbons (Fsp3) is 0.267. The van der Waals surface area contributed by atoms with E-state index < -0.39 is 5.97 Å². The standard InChI is InChI=1S/C15H15N3O4/c19-14(20)8-18-6-5-13(17-18)16-15(21)11-7-10-3-1-2-4-12(10)22-9-11/h1-6,11H,7-9H2,(H,19,20)(H,16,17,21). The molecule has 1 aliphatic rings. The molecule has 0 bridgehead atoms. The van der Waals surface area contributed by atoms with E-state index >= 15 is 0 Å². The highest BCUT2D eigenvalue weighted by atomic mass is 16.5. The molecule has 1 aliphatic heterocycles. The smallest absolute Gasteiger partial charge is 0.325 e. The molecule has 22 heavy (non-hydrogen) atoms. The minimum Gasteiger partial charge on any atom is -0.492 e. The molecule has 2 aromatic rings. The number of hydrogen-bond acceptors (Lipinski definition) is 4. The number of hydrogen-bond donors (Lipinski definition) is 2. The summed E-state index contributed by atoms with van der Waals surface area (Å²) >= 11 is 0. The first-order chi connectivity index (χ1) is 10.6. The van der Waals surface area contributed by atoms with Crippen LogP contribution in [0.2, 0.25) is 0 Å². The Morgan fingerprint density at radius 2 is 2.18 bits per heavy atom. The molecule has 0 radical (unpaired) electrons. The molecule has 1 aromatic heterocycles. The number of aliphatic carboxylic acids is 1. The molecule has 0 saturated carbocycles. The van der Waals surface area contributed by atoms with Crippen molar-refractivity contribution in [2.45, 2.75) is 13.0 Å². The van der Waals surface area contributed by atoms with Crippen LogP contribution in [0.1, 0.15) is 5.56 Å². The van der Waals surface area contributed by atoms with Gasteiger partial charge in [-0.25, -0.2) is 0 Å². The number of nitrogens with one attached hydrogen (secondary N) is 1. The van der Waals surface area contributed by atoms with Crippen molar-refractivity contribution >= 4 is 17.7 Å². The van der Waals surface area contributed by atoms with Gasteiger partial charge in [0.15, 0.2) is 5.82 Å². The normalized spacial score (nSPS) is 16.5. The predicted octanol–water partition coefficient (Wildman–Crippen LogP) is 1.16. The molecule has 1 aromatic carbocycles. The lowest BCUT2D eigenvalue weighted by Crippen LogP contribution is -2.32. The Morgan fingerprint density at radius 1 is 1.36 bits per heavy atom. The van der Waals surface area contributed by atoms with E-state index in [-0.39, 0.29) is 18.4 Å². The number of benzene rings is 1. The fourth-order valence-corrected chi connectivity index (χ4v) is 2.38. The van der Waals surface area contributed by atoms with Crippen LogP contribution in [-0.4, -0.2) is 33.4 Å². The number of carbonyl (C=O) groups is 2. The third-order valence-corrected chi connectivity index (χ3v) is 3.44. The number of carbonyl (C=O) groups excluding carboxylic acids is 1. The maximum atomic E-state index is 12.3. The minimum atomic E-state index is -0.988. The summed E-state index contributed by atoms with van der Waals surface area (Å²) in [6.07, 6.45) is 2.12. The van der Waals surface area contributed by atoms with Crippen molar-refractivity contribution in [3.05, 3.63) is 42.1 Å². The second-order valence-electron chi connectivity index (χ2n) is 5.10. The number of fused-ring (bicyclic) bond motifs is 1. The highest BCUT2D eigenvalue weighted by molar-refractivity contribution is 5.92. The highest BCUT2D eigenvalue weighted by Crippen LogP contribution is 2.27. The summed E-state index contributed by atoms with van der Waals surface area (Å²) < 4.78 is 6.84. The molecule has 3 rings (SSSR count). The Bertz CT molecular complexity index is 710. The zero-order valence-corrected chi connectivity index (χ0v) is 11.7. The topological polar surface area (TPSA) is 93.5 Å². The predicted molar refractivity (Wildman–Crippen MR) is 77.6 cm³/mol. The van der Waals surface area contributed by atoms with Crippen molar-refractivity contribution in [3.63, 3.8) is 0 Å². The second-order valence-corrected chi connectivity index (χ2v) is 5.10. The quantitative estimate of drug-likeness (QED) is 0.884. The molecule has 0 spiro atoms. The number of nitrogens with zero attached hydrogens (tertiary/aromatic N) is 2. The van der Waals surface area contributed by atoms with Gasteiger partial charge >= 0.3 is 5.97 Å². The van der Waals surface area contributed by atoms with Crippen LogP contribution in [0.3, 0.4) is 0 Å². The lowest BCUT2D eigenvalue weighted by molar-refractivity contribution is -0.137. The van der Waals surface area contributed by atoms with Gasteiger partial charge in [-0.05, 0) is 18.1 Å². The van der Waals surface area contributed by atoms with Crippen LogP contribution < -0.4 is 10.1 Å². The molecule has 7 heteroatoms. The first kappa shape index (κ1) is 14.1. The zero-order chi connectivity index (χ0) is 15.5. The number of carboxylic acids is 1. The lowest BCUT2D eigenvalue weighted by atomic mass is 9.96. The van der Waals surface area contributed by atoms with E-state index in [1.54, 1.807) is 6.07 Å². The van der Waals surface area contributed by atoms with Crippen molar-refractivity contribution in [1.82, 2.24) is 9.78 Å². The second kappa shape index (κ2) is 5.88. The molecule has 0 fully saturated rings. The van der Waals surface area contributed by atoms with E-state index in [9.17, 15) is 9.59 Å². The fourth-order valence-electron chi connectivity index (χ4n) is 2.38. The average molecular weight is 301 g/mol. The van der Waals surface area contributed by atoms with E-state index in [1.165, 1.54) is 10.9 Å². The number of para-hydroxylation sites is 1. The summed E-state index contributed by atoms with van der Waals surface area (Å²) in [7, 11) is 0. The van der Waals surface area contributed by atoms with E-state index in [4.69, 9.17) is 9.84 Å². The third kappa shape index (κ3) is 3.08.